The van der Waals surface area contributed by atoms with Crippen molar-refractivity contribution < 1.29 is 13.9 Å². The predicted octanol–water partition coefficient (Wildman–Crippen LogP) is 3.46. The second-order valence-corrected chi connectivity index (χ2v) is 3.74. The third-order valence-electron chi connectivity index (χ3n) is 2.55. The van der Waals surface area contributed by atoms with Gasteiger partial charge < -0.3 is 4.74 Å². The summed E-state index contributed by atoms with van der Waals surface area (Å²) in [4.78, 5) is 12.2. The molecular formula is C15H13FO2. The number of hydrogen-bond acceptors (Lipinski definition) is 2. The van der Waals surface area contributed by atoms with Crippen LogP contribution in [0, 0.1) is 5.82 Å². The van der Waals surface area contributed by atoms with Gasteiger partial charge in [-0.05, 0) is 31.2 Å². The zero-order valence-corrected chi connectivity index (χ0v) is 10.0. The molecule has 0 aliphatic heterocycles. The highest BCUT2D eigenvalue weighted by atomic mass is 19.1. The summed E-state index contributed by atoms with van der Waals surface area (Å²) in [6.45, 7) is 2.30. The van der Waals surface area contributed by atoms with Gasteiger partial charge in [0.1, 0.15) is 11.6 Å². The van der Waals surface area contributed by atoms with Gasteiger partial charge in [0.15, 0.2) is 5.78 Å². The van der Waals surface area contributed by atoms with Crippen LogP contribution in [0.25, 0.3) is 0 Å². The van der Waals surface area contributed by atoms with Crippen LogP contribution in [0.4, 0.5) is 4.39 Å². The van der Waals surface area contributed by atoms with Crippen molar-refractivity contribution >= 4 is 5.78 Å². The first-order valence-electron chi connectivity index (χ1n) is 5.75. The lowest BCUT2D eigenvalue weighted by molar-refractivity contribution is 0.103. The highest BCUT2D eigenvalue weighted by Gasteiger charge is 2.17. The Morgan fingerprint density at radius 3 is 2.33 bits per heavy atom. The Kier molecular flexibility index (Phi) is 3.72. The van der Waals surface area contributed by atoms with Crippen molar-refractivity contribution in [1.29, 1.82) is 0 Å². The first kappa shape index (κ1) is 12.3. The summed E-state index contributed by atoms with van der Waals surface area (Å²) in [6, 6.07) is 12.8. The van der Waals surface area contributed by atoms with Crippen molar-refractivity contribution in [1.82, 2.24) is 0 Å². The lowest BCUT2D eigenvalue weighted by Crippen LogP contribution is -2.07. The average Bonchev–Trinajstić information content (AvgIpc) is 2.40. The normalized spacial score (nSPS) is 10.1. The van der Waals surface area contributed by atoms with Crippen molar-refractivity contribution in [3.63, 3.8) is 0 Å². The van der Waals surface area contributed by atoms with Crippen LogP contribution in [0.5, 0.6) is 5.75 Å². The summed E-state index contributed by atoms with van der Waals surface area (Å²) in [7, 11) is 0. The van der Waals surface area contributed by atoms with E-state index < -0.39 is 5.82 Å². The quantitative estimate of drug-likeness (QED) is 0.770. The number of carbonyl (C=O) groups excluding carboxylic acids is 1. The summed E-state index contributed by atoms with van der Waals surface area (Å²) >= 11 is 0. The van der Waals surface area contributed by atoms with Gasteiger partial charge in [-0.1, -0.05) is 24.3 Å². The molecule has 2 aromatic rings. The predicted molar refractivity (Wildman–Crippen MR) is 67.4 cm³/mol. The van der Waals surface area contributed by atoms with Gasteiger partial charge in [0.05, 0.1) is 17.7 Å². The minimum atomic E-state index is -0.520. The molecule has 2 nitrogen and oxygen atoms in total. The molecule has 0 amide bonds. The van der Waals surface area contributed by atoms with Gasteiger partial charge in [-0.3, -0.25) is 4.79 Å². The monoisotopic (exact) mass is 244 g/mol. The van der Waals surface area contributed by atoms with Crippen molar-refractivity contribution in [2.75, 3.05) is 6.61 Å². The Balaban J connectivity index is 2.43. The lowest BCUT2D eigenvalue weighted by Gasteiger charge is -2.09. The molecule has 0 atom stereocenters. The Bertz CT molecular complexity index is 564. The van der Waals surface area contributed by atoms with Gasteiger partial charge in [0.25, 0.3) is 0 Å². The topological polar surface area (TPSA) is 26.3 Å². The van der Waals surface area contributed by atoms with Crippen LogP contribution in [0.2, 0.25) is 0 Å². The first-order chi connectivity index (χ1) is 8.74. The molecule has 2 aromatic carbocycles. The highest BCUT2D eigenvalue weighted by Crippen LogP contribution is 2.22. The number of rotatable bonds is 4. The van der Waals surface area contributed by atoms with E-state index in [1.165, 1.54) is 12.1 Å². The zero-order valence-electron chi connectivity index (χ0n) is 10.0. The van der Waals surface area contributed by atoms with Crippen molar-refractivity contribution in [2.24, 2.45) is 0 Å². The van der Waals surface area contributed by atoms with Crippen molar-refractivity contribution in [3.8, 4) is 5.75 Å². The summed E-state index contributed by atoms with van der Waals surface area (Å²) in [5.41, 5.74) is 0.439. The smallest absolute Gasteiger partial charge is 0.199 e. The van der Waals surface area contributed by atoms with Crippen LogP contribution in [0.1, 0.15) is 22.8 Å². The molecule has 0 unspecified atom stereocenters. The van der Waals surface area contributed by atoms with Crippen LogP contribution in [-0.4, -0.2) is 12.4 Å². The minimum Gasteiger partial charge on any atom is -0.493 e. The van der Waals surface area contributed by atoms with E-state index in [0.717, 1.165) is 0 Å². The second kappa shape index (κ2) is 5.45. The molecule has 92 valence electrons. The third-order valence-corrected chi connectivity index (χ3v) is 2.55. The standard InChI is InChI=1S/C15H13FO2/c1-2-18-14-10-6-4-8-12(14)15(17)11-7-3-5-9-13(11)16/h3-10H,2H2,1H3. The van der Waals surface area contributed by atoms with Crippen LogP contribution in [0.3, 0.4) is 0 Å². The van der Waals surface area contributed by atoms with E-state index in [1.807, 2.05) is 6.92 Å². The molecule has 0 aliphatic carbocycles. The van der Waals surface area contributed by atoms with E-state index in [-0.39, 0.29) is 11.3 Å². The van der Waals surface area contributed by atoms with Gasteiger partial charge in [-0.25, -0.2) is 4.39 Å². The molecule has 0 N–H and O–H groups in total. The summed E-state index contributed by atoms with van der Waals surface area (Å²) < 4.78 is 19.0. The maximum Gasteiger partial charge on any atom is 0.199 e. The van der Waals surface area contributed by atoms with Crippen molar-refractivity contribution in [2.45, 2.75) is 6.92 Å². The van der Waals surface area contributed by atoms with E-state index in [4.69, 9.17) is 4.74 Å². The molecular weight excluding hydrogens is 231 g/mol. The van der Waals surface area contributed by atoms with Gasteiger partial charge >= 0.3 is 0 Å². The molecule has 2 rings (SSSR count). The van der Waals surface area contributed by atoms with Crippen molar-refractivity contribution in [3.05, 3.63) is 65.5 Å². The molecule has 0 bridgehead atoms. The SMILES string of the molecule is CCOc1ccccc1C(=O)c1ccccc1F. The van der Waals surface area contributed by atoms with Gasteiger partial charge in [0, 0.05) is 0 Å². The largest absolute Gasteiger partial charge is 0.493 e. The summed E-state index contributed by atoms with van der Waals surface area (Å²) in [5.74, 6) is -0.404. The van der Waals surface area contributed by atoms with E-state index in [9.17, 15) is 9.18 Å². The molecule has 0 aliphatic rings. The van der Waals surface area contributed by atoms with E-state index in [1.54, 1.807) is 36.4 Å². The summed E-state index contributed by atoms with van der Waals surface area (Å²) in [6.07, 6.45) is 0. The average molecular weight is 244 g/mol. The lowest BCUT2D eigenvalue weighted by atomic mass is 10.0. The molecule has 3 heteroatoms. The fourth-order valence-corrected chi connectivity index (χ4v) is 1.73. The third kappa shape index (κ3) is 2.40. The van der Waals surface area contributed by atoms with E-state index in [2.05, 4.69) is 0 Å². The molecule has 0 heterocycles. The molecule has 0 aromatic heterocycles. The zero-order chi connectivity index (χ0) is 13.0. The Labute approximate surface area is 105 Å². The highest BCUT2D eigenvalue weighted by molar-refractivity contribution is 6.10. The summed E-state index contributed by atoms with van der Waals surface area (Å²) in [5, 5.41) is 0. The maximum atomic E-state index is 13.6. The van der Waals surface area contributed by atoms with Crippen LogP contribution >= 0.6 is 0 Å². The number of hydrogen-bond donors (Lipinski definition) is 0. The van der Waals surface area contributed by atoms with Gasteiger partial charge in [0.2, 0.25) is 0 Å². The number of carbonyl (C=O) groups is 1. The van der Waals surface area contributed by atoms with E-state index in [0.29, 0.717) is 17.9 Å². The second-order valence-electron chi connectivity index (χ2n) is 3.74. The number of ether oxygens (including phenoxy) is 1. The first-order valence-corrected chi connectivity index (χ1v) is 5.75. The number of benzene rings is 2. The fourth-order valence-electron chi connectivity index (χ4n) is 1.73. The minimum absolute atomic E-state index is 0.0599. The number of para-hydroxylation sites is 1. The maximum absolute atomic E-state index is 13.6. The van der Waals surface area contributed by atoms with E-state index >= 15 is 0 Å². The molecule has 0 saturated heterocycles. The van der Waals surface area contributed by atoms with Crippen LogP contribution in [0.15, 0.2) is 48.5 Å². The Morgan fingerprint density at radius 2 is 1.67 bits per heavy atom. The van der Waals surface area contributed by atoms with Crippen LogP contribution < -0.4 is 4.74 Å². The number of halogens is 1. The number of ketones is 1. The fraction of sp³-hybridized carbons (Fsp3) is 0.133. The van der Waals surface area contributed by atoms with Crippen LogP contribution in [-0.2, 0) is 0 Å². The van der Waals surface area contributed by atoms with Gasteiger partial charge in [-0.2, -0.15) is 0 Å². The Morgan fingerprint density at radius 1 is 1.06 bits per heavy atom. The molecule has 0 fully saturated rings. The molecule has 0 spiro atoms. The van der Waals surface area contributed by atoms with Gasteiger partial charge in [-0.15, -0.1) is 0 Å². The molecule has 0 radical (unpaired) electrons. The Hall–Kier alpha value is -2.16. The molecule has 0 saturated carbocycles. The molecule has 18 heavy (non-hydrogen) atoms.